The fraction of sp³-hybridized carbons (Fsp3) is 0.462. The molecule has 1 rings (SSSR count). The van der Waals surface area contributed by atoms with Crippen LogP contribution in [0.4, 0.5) is 8.78 Å². The Morgan fingerprint density at radius 1 is 1.42 bits per heavy atom. The number of benzene rings is 1. The molecule has 0 aliphatic heterocycles. The van der Waals surface area contributed by atoms with Gasteiger partial charge >= 0.3 is 0 Å². The minimum Gasteiger partial charge on any atom is -0.383 e. The first-order valence-corrected chi connectivity index (χ1v) is 5.98. The number of halogens is 2. The Hall–Kier alpha value is -1.53. The lowest BCUT2D eigenvalue weighted by atomic mass is 10.1. The average molecular weight is 272 g/mol. The van der Waals surface area contributed by atoms with Gasteiger partial charge in [-0.1, -0.05) is 0 Å². The van der Waals surface area contributed by atoms with E-state index in [9.17, 15) is 13.6 Å². The Balaban J connectivity index is 2.44. The maximum Gasteiger partial charge on any atom is 0.234 e. The van der Waals surface area contributed by atoms with Crippen molar-refractivity contribution in [1.82, 2.24) is 10.6 Å². The standard InChI is InChI=1S/C13H18F2N2O2/c1-9(11-7-10(14)3-4-12(11)15)17-8-13(18)16-5-6-19-2/h3-4,7,9,17H,5-6,8H2,1-2H3,(H,16,18). The third-order valence-corrected chi connectivity index (χ3v) is 2.62. The van der Waals surface area contributed by atoms with Crippen molar-refractivity contribution < 1.29 is 18.3 Å². The Morgan fingerprint density at radius 3 is 2.84 bits per heavy atom. The molecule has 0 saturated carbocycles. The van der Waals surface area contributed by atoms with E-state index in [0.717, 1.165) is 18.2 Å². The van der Waals surface area contributed by atoms with Gasteiger partial charge in [-0.2, -0.15) is 0 Å². The molecule has 0 heterocycles. The van der Waals surface area contributed by atoms with Crippen LogP contribution in [0.5, 0.6) is 0 Å². The number of amides is 1. The van der Waals surface area contributed by atoms with E-state index in [1.54, 1.807) is 14.0 Å². The van der Waals surface area contributed by atoms with Crippen LogP contribution in [0.1, 0.15) is 18.5 Å². The summed E-state index contributed by atoms with van der Waals surface area (Å²) in [6.45, 7) is 2.54. The predicted molar refractivity (Wildman–Crippen MR) is 67.7 cm³/mol. The van der Waals surface area contributed by atoms with Gasteiger partial charge in [0.2, 0.25) is 5.91 Å². The highest BCUT2D eigenvalue weighted by molar-refractivity contribution is 5.78. The Labute approximate surface area is 111 Å². The summed E-state index contributed by atoms with van der Waals surface area (Å²) in [4.78, 5) is 11.4. The highest BCUT2D eigenvalue weighted by Gasteiger charge is 2.12. The molecule has 0 radical (unpaired) electrons. The minimum absolute atomic E-state index is 0.0286. The number of hydrogen-bond donors (Lipinski definition) is 2. The van der Waals surface area contributed by atoms with Gasteiger partial charge in [0.1, 0.15) is 11.6 Å². The van der Waals surface area contributed by atoms with Gasteiger partial charge in [-0.25, -0.2) is 8.78 Å². The lowest BCUT2D eigenvalue weighted by molar-refractivity contribution is -0.120. The smallest absolute Gasteiger partial charge is 0.234 e. The van der Waals surface area contributed by atoms with Gasteiger partial charge in [0.05, 0.1) is 13.2 Å². The van der Waals surface area contributed by atoms with Crippen LogP contribution in [0.3, 0.4) is 0 Å². The first-order valence-electron chi connectivity index (χ1n) is 5.98. The summed E-state index contributed by atoms with van der Waals surface area (Å²) in [6.07, 6.45) is 0. The average Bonchev–Trinajstić information content (AvgIpc) is 2.39. The molecule has 4 nitrogen and oxygen atoms in total. The second-order valence-electron chi connectivity index (χ2n) is 4.11. The van der Waals surface area contributed by atoms with E-state index in [1.807, 2.05) is 0 Å². The number of hydrogen-bond acceptors (Lipinski definition) is 3. The van der Waals surface area contributed by atoms with Crippen molar-refractivity contribution in [3.8, 4) is 0 Å². The van der Waals surface area contributed by atoms with Gasteiger partial charge in [-0.15, -0.1) is 0 Å². The minimum atomic E-state index is -0.505. The second-order valence-corrected chi connectivity index (χ2v) is 4.11. The van der Waals surface area contributed by atoms with Gasteiger partial charge in [-0.05, 0) is 25.1 Å². The zero-order valence-corrected chi connectivity index (χ0v) is 11.0. The third-order valence-electron chi connectivity index (χ3n) is 2.62. The molecule has 0 bridgehead atoms. The molecule has 19 heavy (non-hydrogen) atoms. The summed E-state index contributed by atoms with van der Waals surface area (Å²) in [6, 6.07) is 2.80. The molecule has 1 aromatic rings. The summed E-state index contributed by atoms with van der Waals surface area (Å²) >= 11 is 0. The molecule has 106 valence electrons. The lowest BCUT2D eigenvalue weighted by Gasteiger charge is -2.15. The molecular weight excluding hydrogens is 254 g/mol. The van der Waals surface area contributed by atoms with Crippen LogP contribution in [0.25, 0.3) is 0 Å². The quantitative estimate of drug-likeness (QED) is 0.737. The number of carbonyl (C=O) groups excluding carboxylic acids is 1. The summed E-state index contributed by atoms with van der Waals surface area (Å²) in [7, 11) is 1.54. The summed E-state index contributed by atoms with van der Waals surface area (Å²) < 4.78 is 31.3. The van der Waals surface area contributed by atoms with Crippen molar-refractivity contribution in [3.05, 3.63) is 35.4 Å². The Bertz CT molecular complexity index is 427. The zero-order valence-electron chi connectivity index (χ0n) is 11.0. The molecule has 1 amide bonds. The van der Waals surface area contributed by atoms with E-state index >= 15 is 0 Å². The number of ether oxygens (including phenoxy) is 1. The molecule has 0 aliphatic carbocycles. The fourth-order valence-electron chi connectivity index (χ4n) is 1.56. The van der Waals surface area contributed by atoms with Crippen LogP contribution >= 0.6 is 0 Å². The molecule has 0 fully saturated rings. The molecule has 1 atom stereocenters. The number of methoxy groups -OCH3 is 1. The first kappa shape index (κ1) is 15.5. The fourth-order valence-corrected chi connectivity index (χ4v) is 1.56. The van der Waals surface area contributed by atoms with Crippen molar-refractivity contribution in [3.63, 3.8) is 0 Å². The van der Waals surface area contributed by atoms with Crippen molar-refractivity contribution in [1.29, 1.82) is 0 Å². The molecule has 0 aliphatic rings. The number of rotatable bonds is 7. The molecule has 0 spiro atoms. The molecule has 1 unspecified atom stereocenters. The summed E-state index contributed by atoms with van der Waals surface area (Å²) in [5, 5.41) is 5.46. The highest BCUT2D eigenvalue weighted by Crippen LogP contribution is 2.17. The van der Waals surface area contributed by atoms with Crippen LogP contribution in [-0.4, -0.2) is 32.7 Å². The van der Waals surface area contributed by atoms with Crippen molar-refractivity contribution in [2.75, 3.05) is 26.8 Å². The molecular formula is C13H18F2N2O2. The first-order chi connectivity index (χ1) is 9.04. The molecule has 0 saturated heterocycles. The summed E-state index contributed by atoms with van der Waals surface area (Å²) in [5.41, 5.74) is 0.199. The molecule has 0 aromatic heterocycles. The lowest BCUT2D eigenvalue weighted by Crippen LogP contribution is -2.36. The zero-order chi connectivity index (χ0) is 14.3. The number of nitrogens with one attached hydrogen (secondary N) is 2. The highest BCUT2D eigenvalue weighted by atomic mass is 19.1. The Morgan fingerprint density at radius 2 is 2.16 bits per heavy atom. The van der Waals surface area contributed by atoms with Crippen LogP contribution in [0, 0.1) is 11.6 Å². The van der Waals surface area contributed by atoms with Crippen LogP contribution < -0.4 is 10.6 Å². The largest absolute Gasteiger partial charge is 0.383 e. The monoisotopic (exact) mass is 272 g/mol. The van der Waals surface area contributed by atoms with E-state index in [0.29, 0.717) is 13.2 Å². The molecule has 2 N–H and O–H groups in total. The second kappa shape index (κ2) is 7.81. The van der Waals surface area contributed by atoms with E-state index < -0.39 is 17.7 Å². The van der Waals surface area contributed by atoms with E-state index in [4.69, 9.17) is 4.74 Å². The van der Waals surface area contributed by atoms with Gasteiger partial charge in [0.25, 0.3) is 0 Å². The van der Waals surface area contributed by atoms with Gasteiger partial charge in [-0.3, -0.25) is 4.79 Å². The normalized spacial score (nSPS) is 12.2. The van der Waals surface area contributed by atoms with E-state index in [2.05, 4.69) is 10.6 Å². The predicted octanol–water partition coefficient (Wildman–Crippen LogP) is 1.38. The van der Waals surface area contributed by atoms with Gasteiger partial charge in [0, 0.05) is 25.3 Å². The Kier molecular flexibility index (Phi) is 6.38. The SMILES string of the molecule is COCCNC(=O)CNC(C)c1cc(F)ccc1F. The maximum absolute atomic E-state index is 13.5. The van der Waals surface area contributed by atoms with Crippen LogP contribution in [0.15, 0.2) is 18.2 Å². The van der Waals surface area contributed by atoms with Gasteiger partial charge < -0.3 is 15.4 Å². The van der Waals surface area contributed by atoms with E-state index in [1.165, 1.54) is 0 Å². The van der Waals surface area contributed by atoms with Crippen molar-refractivity contribution in [2.24, 2.45) is 0 Å². The third kappa shape index (κ3) is 5.32. The molecule has 1 aromatic carbocycles. The number of carbonyl (C=O) groups is 1. The maximum atomic E-state index is 13.5. The topological polar surface area (TPSA) is 50.4 Å². The van der Waals surface area contributed by atoms with E-state index in [-0.39, 0.29) is 18.0 Å². The van der Waals surface area contributed by atoms with Gasteiger partial charge in [0.15, 0.2) is 0 Å². The summed E-state index contributed by atoms with van der Waals surface area (Å²) in [5.74, 6) is -1.23. The molecule has 6 heteroatoms. The van der Waals surface area contributed by atoms with Crippen molar-refractivity contribution in [2.45, 2.75) is 13.0 Å². The van der Waals surface area contributed by atoms with Crippen LogP contribution in [-0.2, 0) is 9.53 Å². The van der Waals surface area contributed by atoms with Crippen molar-refractivity contribution >= 4 is 5.91 Å². The van der Waals surface area contributed by atoms with Crippen LogP contribution in [0.2, 0.25) is 0 Å².